The Bertz CT molecular complexity index is 1990. The Morgan fingerprint density at radius 3 is 2.18 bits per heavy atom. The lowest BCUT2D eigenvalue weighted by Gasteiger charge is -2.33. The van der Waals surface area contributed by atoms with Crippen LogP contribution in [0.3, 0.4) is 0 Å². The number of piperidine rings is 2. The van der Waals surface area contributed by atoms with Gasteiger partial charge in [-0.25, -0.2) is 9.29 Å². The van der Waals surface area contributed by atoms with E-state index in [1.807, 2.05) is 6.07 Å². The van der Waals surface area contributed by atoms with E-state index in [4.69, 9.17) is 9.47 Å². The van der Waals surface area contributed by atoms with Gasteiger partial charge in [0.05, 0.1) is 29.5 Å². The highest BCUT2D eigenvalue weighted by Gasteiger charge is 2.41. The maximum atomic E-state index is 14.8. The number of amides is 5. The number of benzene rings is 3. The third-order valence-corrected chi connectivity index (χ3v) is 12.1. The zero-order chi connectivity index (χ0) is 38.8. The molecule has 5 amide bonds. The number of hydrogen-bond donors (Lipinski definition) is 1. The third-order valence-electron chi connectivity index (χ3n) is 12.1. The number of fused-ring (bicyclic) bond motifs is 2. The summed E-state index contributed by atoms with van der Waals surface area (Å²) in [6.45, 7) is 3.63. The van der Waals surface area contributed by atoms with Crippen LogP contribution < -0.4 is 19.7 Å². The third kappa shape index (κ3) is 7.80. The van der Waals surface area contributed by atoms with E-state index < -0.39 is 17.8 Å². The molecule has 0 radical (unpaired) electrons. The number of anilines is 1. The van der Waals surface area contributed by atoms with E-state index >= 15 is 0 Å². The van der Waals surface area contributed by atoms with Crippen molar-refractivity contribution in [1.29, 1.82) is 0 Å². The van der Waals surface area contributed by atoms with Crippen molar-refractivity contribution in [3.8, 4) is 11.5 Å². The molecule has 1 atom stereocenters. The maximum Gasteiger partial charge on any atom is 0.266 e. The Kier molecular flexibility index (Phi) is 11.2. The van der Waals surface area contributed by atoms with Gasteiger partial charge in [0, 0.05) is 24.6 Å². The van der Waals surface area contributed by atoms with Crippen molar-refractivity contribution in [2.75, 3.05) is 31.1 Å². The van der Waals surface area contributed by atoms with E-state index in [1.165, 1.54) is 15.9 Å². The summed E-state index contributed by atoms with van der Waals surface area (Å²) in [7, 11) is 0. The number of unbranched alkanes of at least 4 members (excludes halogenated alkanes) is 4. The van der Waals surface area contributed by atoms with E-state index in [1.54, 1.807) is 42.5 Å². The normalized spacial score (nSPS) is 20.5. The molecule has 294 valence electrons. The predicted octanol–water partition coefficient (Wildman–Crippen LogP) is 6.92. The molecule has 3 fully saturated rings. The van der Waals surface area contributed by atoms with Gasteiger partial charge in [-0.1, -0.05) is 31.4 Å². The number of imide groups is 2. The molecule has 3 aromatic carbocycles. The molecule has 4 heterocycles. The fourth-order valence-electron chi connectivity index (χ4n) is 9.09. The van der Waals surface area contributed by atoms with E-state index in [0.717, 1.165) is 101 Å². The number of halogens is 1. The van der Waals surface area contributed by atoms with Crippen molar-refractivity contribution >= 4 is 35.2 Å². The topological polar surface area (TPSA) is 126 Å². The second-order valence-electron chi connectivity index (χ2n) is 15.8. The Balaban J connectivity index is 0.773. The van der Waals surface area contributed by atoms with Crippen LogP contribution in [-0.2, 0) is 16.1 Å². The molecule has 1 saturated carbocycles. The lowest BCUT2D eigenvalue weighted by molar-refractivity contribution is -0.136. The van der Waals surface area contributed by atoms with Crippen LogP contribution in [0.15, 0.2) is 54.6 Å². The van der Waals surface area contributed by atoms with Gasteiger partial charge in [0.2, 0.25) is 11.8 Å². The SMILES string of the molecule is O=C1CCC(N2Cc3c(cc(F)cc3C3CCN(CCCCCCCOc4ccc(N5C(=O)c6ccccc6C5=O)cc4OC4CCCC4)CC3)C2=O)C(=O)N1. The molecule has 1 unspecified atom stereocenters. The number of nitrogens with zero attached hydrogens (tertiary/aromatic N) is 3. The van der Waals surface area contributed by atoms with Crippen LogP contribution in [0.4, 0.5) is 10.1 Å². The van der Waals surface area contributed by atoms with E-state index in [0.29, 0.717) is 40.5 Å². The van der Waals surface area contributed by atoms with Crippen molar-refractivity contribution in [2.45, 2.75) is 108 Å². The standard InChI is InChI=1S/C44H49FN4O7/c45-29-24-34(36-27-48(42(52)35(36)25-29)37-15-17-40(50)46-41(37)51)28-18-21-47(22-19-28)20-8-2-1-3-9-23-55-38-16-14-30(26-39(38)56-31-10-4-5-11-31)49-43(53)32-12-6-7-13-33(32)44(49)54/h6-7,12-14,16,24-26,28,31,37H,1-5,8-11,15,17-23,27H2,(H,46,50,51). The van der Waals surface area contributed by atoms with Crippen molar-refractivity contribution in [3.63, 3.8) is 0 Å². The largest absolute Gasteiger partial charge is 0.490 e. The fourth-order valence-corrected chi connectivity index (χ4v) is 9.09. The molecule has 1 aliphatic carbocycles. The van der Waals surface area contributed by atoms with Crippen LogP contribution in [0.25, 0.3) is 0 Å². The van der Waals surface area contributed by atoms with Gasteiger partial charge in [0.25, 0.3) is 17.7 Å². The highest BCUT2D eigenvalue weighted by molar-refractivity contribution is 6.34. The number of hydrogen-bond acceptors (Lipinski definition) is 8. The molecule has 12 heteroatoms. The van der Waals surface area contributed by atoms with Crippen molar-refractivity contribution in [2.24, 2.45) is 0 Å². The number of nitrogens with one attached hydrogen (secondary N) is 1. The Morgan fingerprint density at radius 1 is 0.732 bits per heavy atom. The number of carbonyl (C=O) groups is 5. The number of rotatable bonds is 14. The van der Waals surface area contributed by atoms with Gasteiger partial charge < -0.3 is 19.3 Å². The summed E-state index contributed by atoms with van der Waals surface area (Å²) in [5, 5.41) is 2.33. The average molecular weight is 765 g/mol. The molecule has 0 spiro atoms. The number of carbonyl (C=O) groups excluding carboxylic acids is 5. The number of likely N-dealkylation sites (tertiary alicyclic amines) is 1. The van der Waals surface area contributed by atoms with Gasteiger partial charge in [-0.3, -0.25) is 29.3 Å². The minimum absolute atomic E-state index is 0.0890. The highest BCUT2D eigenvalue weighted by atomic mass is 19.1. The average Bonchev–Trinajstić information content (AvgIpc) is 3.90. The second kappa shape index (κ2) is 16.6. The summed E-state index contributed by atoms with van der Waals surface area (Å²) in [5.74, 6) is -0.882. The summed E-state index contributed by atoms with van der Waals surface area (Å²) in [5.41, 5.74) is 3.33. The summed E-state index contributed by atoms with van der Waals surface area (Å²) >= 11 is 0. The lowest BCUT2D eigenvalue weighted by atomic mass is 9.85. The van der Waals surface area contributed by atoms with Gasteiger partial charge in [-0.15, -0.1) is 0 Å². The molecule has 56 heavy (non-hydrogen) atoms. The first kappa shape index (κ1) is 37.8. The van der Waals surface area contributed by atoms with Gasteiger partial charge in [-0.05, 0) is 131 Å². The molecule has 1 N–H and O–H groups in total. The fraction of sp³-hybridized carbons (Fsp3) is 0.477. The molecule has 5 aliphatic rings. The van der Waals surface area contributed by atoms with Crippen molar-refractivity contribution in [1.82, 2.24) is 15.1 Å². The van der Waals surface area contributed by atoms with E-state index in [2.05, 4.69) is 10.2 Å². The first-order chi connectivity index (χ1) is 27.2. The summed E-state index contributed by atoms with van der Waals surface area (Å²) < 4.78 is 27.4. The van der Waals surface area contributed by atoms with Crippen LogP contribution in [0.5, 0.6) is 11.5 Å². The molecule has 3 aromatic rings. The number of ether oxygens (including phenoxy) is 2. The molecule has 11 nitrogen and oxygen atoms in total. The van der Waals surface area contributed by atoms with Crippen LogP contribution in [0, 0.1) is 5.82 Å². The smallest absolute Gasteiger partial charge is 0.266 e. The van der Waals surface area contributed by atoms with Crippen LogP contribution in [0.1, 0.15) is 132 Å². The molecule has 0 aromatic heterocycles. The van der Waals surface area contributed by atoms with Gasteiger partial charge in [0.1, 0.15) is 11.9 Å². The van der Waals surface area contributed by atoms with Gasteiger partial charge in [0.15, 0.2) is 11.5 Å². The molecule has 0 bridgehead atoms. The summed E-state index contributed by atoms with van der Waals surface area (Å²) in [4.78, 5) is 68.9. The Labute approximate surface area is 326 Å². The first-order valence-electron chi connectivity index (χ1n) is 20.4. The quantitative estimate of drug-likeness (QED) is 0.139. The van der Waals surface area contributed by atoms with E-state index in [9.17, 15) is 28.4 Å². The first-order valence-corrected chi connectivity index (χ1v) is 20.4. The van der Waals surface area contributed by atoms with Crippen molar-refractivity contribution < 1.29 is 37.8 Å². The molecule has 2 saturated heterocycles. The Hall–Kier alpha value is -5.10. The Morgan fingerprint density at radius 2 is 1.45 bits per heavy atom. The molecule has 4 aliphatic heterocycles. The molecular formula is C44H49FN4O7. The maximum absolute atomic E-state index is 14.8. The minimum atomic E-state index is -0.716. The zero-order valence-electron chi connectivity index (χ0n) is 31.7. The van der Waals surface area contributed by atoms with Crippen LogP contribution in [0.2, 0.25) is 0 Å². The monoisotopic (exact) mass is 764 g/mol. The zero-order valence-corrected chi connectivity index (χ0v) is 31.7. The summed E-state index contributed by atoms with van der Waals surface area (Å²) in [6, 6.07) is 14.4. The highest BCUT2D eigenvalue weighted by Crippen LogP contribution is 2.39. The lowest BCUT2D eigenvalue weighted by Crippen LogP contribution is -2.52. The second-order valence-corrected chi connectivity index (χ2v) is 15.8. The predicted molar refractivity (Wildman–Crippen MR) is 206 cm³/mol. The van der Waals surface area contributed by atoms with Crippen molar-refractivity contribution in [3.05, 3.63) is 88.2 Å². The van der Waals surface area contributed by atoms with Gasteiger partial charge in [-0.2, -0.15) is 0 Å². The van der Waals surface area contributed by atoms with Crippen LogP contribution in [-0.4, -0.2) is 77.7 Å². The molecule has 8 rings (SSSR count). The minimum Gasteiger partial charge on any atom is -0.490 e. The summed E-state index contributed by atoms with van der Waals surface area (Å²) in [6.07, 6.45) is 11.7. The van der Waals surface area contributed by atoms with Gasteiger partial charge >= 0.3 is 0 Å². The van der Waals surface area contributed by atoms with Crippen LogP contribution >= 0.6 is 0 Å². The molecular weight excluding hydrogens is 716 g/mol. The van der Waals surface area contributed by atoms with E-state index in [-0.39, 0.29) is 55.0 Å².